The largest absolute Gasteiger partial charge is 0.464 e. The van der Waals surface area contributed by atoms with Crippen LogP contribution in [0.25, 0.3) is 109 Å². The zero-order chi connectivity index (χ0) is 45.8. The van der Waals surface area contributed by atoms with Crippen LogP contribution in [0.4, 0.5) is 0 Å². The molecule has 2 aromatic heterocycles. The van der Waals surface area contributed by atoms with E-state index in [2.05, 4.69) is 6.07 Å². The Kier molecular flexibility index (Phi) is 3.47. The minimum absolute atomic E-state index is 0.0164. The minimum Gasteiger partial charge on any atom is -0.464 e. The standard InChI is InChI=1S/C48H28O2/c1-3-11-31-25-33(19-17-29(31)9-1)42-28-49-43-24-23-41-36-22-21-35(27-44(36)50-48(41)47(42)43)46-39-15-7-5-13-37(39)45(38-14-6-8-16-40(38)46)34-20-18-30-10-2-4-12-32(30)26-34/h1-28H/i2D,4D,5D,6D,7D,8D,10D,12D,13D,14D,15D,16D,18D,20D,26D. The molecule has 0 aliphatic carbocycles. The maximum absolute atomic E-state index is 9.47. The van der Waals surface area contributed by atoms with Gasteiger partial charge < -0.3 is 8.83 Å². The zero-order valence-corrected chi connectivity index (χ0v) is 25.8. The van der Waals surface area contributed by atoms with Crippen molar-refractivity contribution < 1.29 is 29.4 Å². The lowest BCUT2D eigenvalue weighted by molar-refractivity contribution is 0.616. The van der Waals surface area contributed by atoms with Gasteiger partial charge in [0.1, 0.15) is 16.7 Å². The van der Waals surface area contributed by atoms with Crippen LogP contribution in [0, 0.1) is 0 Å². The van der Waals surface area contributed by atoms with Crippen molar-refractivity contribution in [1.29, 1.82) is 0 Å². The van der Waals surface area contributed by atoms with Gasteiger partial charge in [0.05, 0.1) is 32.2 Å². The summed E-state index contributed by atoms with van der Waals surface area (Å²) in [6.07, 6.45) is 1.67. The summed E-state index contributed by atoms with van der Waals surface area (Å²) in [7, 11) is 0. The molecule has 0 aliphatic heterocycles. The van der Waals surface area contributed by atoms with Crippen molar-refractivity contribution >= 4 is 76.0 Å². The highest BCUT2D eigenvalue weighted by Gasteiger charge is 2.20. The molecule has 232 valence electrons. The van der Waals surface area contributed by atoms with E-state index in [9.17, 15) is 8.22 Å². The lowest BCUT2D eigenvalue weighted by atomic mass is 9.85. The van der Waals surface area contributed by atoms with E-state index in [0.29, 0.717) is 27.5 Å². The Morgan fingerprint density at radius 3 is 1.88 bits per heavy atom. The van der Waals surface area contributed by atoms with Crippen molar-refractivity contribution in [2.75, 3.05) is 0 Å². The molecule has 0 N–H and O–H groups in total. The van der Waals surface area contributed by atoms with E-state index in [0.717, 1.165) is 27.3 Å². The fraction of sp³-hybridized carbons (Fsp3) is 0. The fourth-order valence-electron chi connectivity index (χ4n) is 7.15. The van der Waals surface area contributed by atoms with Gasteiger partial charge in [0.15, 0.2) is 0 Å². The van der Waals surface area contributed by atoms with Crippen LogP contribution < -0.4 is 0 Å². The molecule has 0 saturated carbocycles. The van der Waals surface area contributed by atoms with E-state index < -0.39 is 107 Å². The average Bonchev–Trinajstić information content (AvgIpc) is 3.92. The van der Waals surface area contributed by atoms with Crippen LogP contribution in [-0.4, -0.2) is 0 Å². The summed E-state index contributed by atoms with van der Waals surface area (Å²) >= 11 is 0. The topological polar surface area (TPSA) is 26.3 Å². The van der Waals surface area contributed by atoms with Crippen molar-refractivity contribution in [3.05, 3.63) is 170 Å². The Hall–Kier alpha value is -6.64. The molecule has 50 heavy (non-hydrogen) atoms. The Balaban J connectivity index is 1.28. The second-order valence-electron chi connectivity index (χ2n) is 12.1. The maximum Gasteiger partial charge on any atom is 0.147 e. The summed E-state index contributed by atoms with van der Waals surface area (Å²) in [5.41, 5.74) is 2.44. The van der Waals surface area contributed by atoms with E-state index in [-0.39, 0.29) is 38.2 Å². The van der Waals surface area contributed by atoms with Gasteiger partial charge in [-0.3, -0.25) is 0 Å². The number of fused-ring (bicyclic) bond motifs is 9. The third-order valence-corrected chi connectivity index (χ3v) is 9.40. The molecule has 0 spiro atoms. The Bertz CT molecular complexity index is 3940. The molecule has 0 bridgehead atoms. The molecule has 0 unspecified atom stereocenters. The van der Waals surface area contributed by atoms with Gasteiger partial charge in [-0.1, -0.05) is 127 Å². The van der Waals surface area contributed by atoms with Gasteiger partial charge in [-0.2, -0.15) is 0 Å². The zero-order valence-electron chi connectivity index (χ0n) is 40.8. The molecular weight excluding hydrogens is 609 g/mol. The van der Waals surface area contributed by atoms with Crippen LogP contribution in [0.2, 0.25) is 0 Å². The molecule has 0 aliphatic rings. The van der Waals surface area contributed by atoms with Crippen LogP contribution >= 0.6 is 0 Å². The van der Waals surface area contributed by atoms with Gasteiger partial charge >= 0.3 is 0 Å². The molecular formula is C48H28O2. The van der Waals surface area contributed by atoms with Crippen molar-refractivity contribution in [3.8, 4) is 33.4 Å². The lowest BCUT2D eigenvalue weighted by Gasteiger charge is -2.18. The van der Waals surface area contributed by atoms with Gasteiger partial charge in [-0.05, 0) is 107 Å². The number of hydrogen-bond donors (Lipinski definition) is 0. The van der Waals surface area contributed by atoms with E-state index in [1.807, 2.05) is 48.5 Å². The quantitative estimate of drug-likeness (QED) is 0.178. The monoisotopic (exact) mass is 651 g/mol. The molecule has 0 amide bonds. The molecule has 11 aromatic rings. The predicted molar refractivity (Wildman–Crippen MR) is 210 cm³/mol. The summed E-state index contributed by atoms with van der Waals surface area (Å²) in [6.45, 7) is 0. The minimum atomic E-state index is -0.750. The molecule has 11 rings (SSSR count). The van der Waals surface area contributed by atoms with E-state index in [4.69, 9.17) is 21.2 Å². The summed E-state index contributed by atoms with van der Waals surface area (Å²) in [5.74, 6) is 0. The summed E-state index contributed by atoms with van der Waals surface area (Å²) < 4.78 is 147. The molecule has 0 fully saturated rings. The first-order valence-electron chi connectivity index (χ1n) is 23.4. The Morgan fingerprint density at radius 1 is 0.440 bits per heavy atom. The third-order valence-electron chi connectivity index (χ3n) is 9.40. The van der Waals surface area contributed by atoms with E-state index in [1.165, 1.54) is 0 Å². The number of hydrogen-bond acceptors (Lipinski definition) is 2. The van der Waals surface area contributed by atoms with Crippen LogP contribution in [0.15, 0.2) is 179 Å². The SMILES string of the molecule is [2H]c1c([2H])c([2H])c2c([2H])c(-c3c4c([2H])c([2H])c([2H])c([2H])c4c(-c4ccc5c(c4)oc4c5ccc5occ(-c6ccc7ccccc7c6)c54)c4c([2H])c([2H])c([2H])c([2H])c34)c([2H])c([2H])c2c1[2H]. The van der Waals surface area contributed by atoms with Crippen LogP contribution in [0.1, 0.15) is 20.6 Å². The van der Waals surface area contributed by atoms with Crippen molar-refractivity contribution in [2.24, 2.45) is 0 Å². The Labute approximate surface area is 308 Å². The second kappa shape index (κ2) is 10.4. The normalized spacial score (nSPS) is 16.2. The van der Waals surface area contributed by atoms with Crippen LogP contribution in [-0.2, 0) is 0 Å². The first-order valence-corrected chi connectivity index (χ1v) is 15.9. The summed E-state index contributed by atoms with van der Waals surface area (Å²) in [6, 6.07) is 12.6. The molecule has 2 heterocycles. The number of rotatable bonds is 3. The first-order chi connectivity index (χ1) is 31.0. The molecule has 9 aromatic carbocycles. The van der Waals surface area contributed by atoms with Gasteiger partial charge in [-0.25, -0.2) is 0 Å². The number of benzene rings is 9. The highest BCUT2D eigenvalue weighted by Crippen LogP contribution is 2.46. The lowest BCUT2D eigenvalue weighted by Crippen LogP contribution is -1.90. The van der Waals surface area contributed by atoms with Gasteiger partial charge in [-0.15, -0.1) is 0 Å². The van der Waals surface area contributed by atoms with E-state index in [1.54, 1.807) is 24.5 Å². The highest BCUT2D eigenvalue weighted by atomic mass is 16.3. The molecule has 0 radical (unpaired) electrons. The average molecular weight is 652 g/mol. The van der Waals surface area contributed by atoms with Crippen LogP contribution in [0.3, 0.4) is 0 Å². The molecule has 0 atom stereocenters. The Morgan fingerprint density at radius 2 is 1.10 bits per heavy atom. The number of furan rings is 2. The predicted octanol–water partition coefficient (Wildman–Crippen LogP) is 13.9. The van der Waals surface area contributed by atoms with Crippen molar-refractivity contribution in [3.63, 3.8) is 0 Å². The van der Waals surface area contributed by atoms with Gasteiger partial charge in [0.2, 0.25) is 0 Å². The smallest absolute Gasteiger partial charge is 0.147 e. The molecule has 2 nitrogen and oxygen atoms in total. The molecule has 0 saturated heterocycles. The van der Waals surface area contributed by atoms with Crippen molar-refractivity contribution in [1.82, 2.24) is 0 Å². The first kappa shape index (κ1) is 16.6. The fourth-order valence-corrected chi connectivity index (χ4v) is 7.15. The van der Waals surface area contributed by atoms with E-state index >= 15 is 0 Å². The third kappa shape index (κ3) is 3.96. The molecule has 2 heteroatoms. The van der Waals surface area contributed by atoms with Gasteiger partial charge in [0.25, 0.3) is 0 Å². The van der Waals surface area contributed by atoms with Crippen molar-refractivity contribution in [2.45, 2.75) is 0 Å². The summed E-state index contributed by atoms with van der Waals surface area (Å²) in [5, 5.41) is 2.30. The van der Waals surface area contributed by atoms with Gasteiger partial charge in [0, 0.05) is 16.3 Å². The highest BCUT2D eigenvalue weighted by molar-refractivity contribution is 6.23. The second-order valence-corrected chi connectivity index (χ2v) is 12.1. The van der Waals surface area contributed by atoms with Crippen LogP contribution in [0.5, 0.6) is 0 Å². The summed E-state index contributed by atoms with van der Waals surface area (Å²) in [4.78, 5) is 0. The maximum atomic E-state index is 9.47.